The van der Waals surface area contributed by atoms with E-state index in [0.29, 0.717) is 42.5 Å². The zero-order valence-corrected chi connectivity index (χ0v) is 18.5. The highest BCUT2D eigenvalue weighted by Gasteiger charge is 2.25. The van der Waals surface area contributed by atoms with Crippen molar-refractivity contribution in [3.63, 3.8) is 0 Å². The number of piperazine rings is 1. The summed E-state index contributed by atoms with van der Waals surface area (Å²) in [6.45, 7) is 2.06. The van der Waals surface area contributed by atoms with Crippen LogP contribution < -0.4 is 4.90 Å². The molecule has 30 heavy (non-hydrogen) atoms. The smallest absolute Gasteiger partial charge is 0.289 e. The fourth-order valence-corrected chi connectivity index (χ4v) is 4.67. The van der Waals surface area contributed by atoms with Gasteiger partial charge in [0.05, 0.1) is 22.2 Å². The van der Waals surface area contributed by atoms with Gasteiger partial charge in [0.25, 0.3) is 5.91 Å². The maximum Gasteiger partial charge on any atom is 0.289 e. The molecule has 1 aliphatic heterocycles. The largest absolute Gasteiger partial charge is 0.455 e. The molecule has 3 aromatic rings. The molecule has 1 unspecified atom stereocenters. The molecule has 1 aliphatic rings. The highest BCUT2D eigenvalue weighted by Crippen LogP contribution is 2.22. The van der Waals surface area contributed by atoms with Gasteiger partial charge >= 0.3 is 0 Å². The fraction of sp³-hybridized carbons (Fsp3) is 0.227. The van der Waals surface area contributed by atoms with Crippen LogP contribution in [0.15, 0.2) is 74.4 Å². The first-order valence-electron chi connectivity index (χ1n) is 9.52. The van der Waals surface area contributed by atoms with E-state index in [2.05, 4.69) is 15.9 Å². The summed E-state index contributed by atoms with van der Waals surface area (Å²) in [7, 11) is -1.26. The van der Waals surface area contributed by atoms with E-state index in [1.54, 1.807) is 47.4 Å². The first-order chi connectivity index (χ1) is 14.5. The number of rotatable bonds is 5. The van der Waals surface area contributed by atoms with Crippen molar-refractivity contribution in [1.82, 2.24) is 4.90 Å². The lowest BCUT2D eigenvalue weighted by atomic mass is 10.2. The van der Waals surface area contributed by atoms with Crippen molar-refractivity contribution in [2.75, 3.05) is 31.1 Å². The van der Waals surface area contributed by atoms with Gasteiger partial charge in [-0.05, 0) is 48.5 Å². The van der Waals surface area contributed by atoms with Crippen LogP contribution in [0.2, 0.25) is 0 Å². The quantitative estimate of drug-likeness (QED) is 0.530. The maximum atomic E-state index is 14.0. The van der Waals surface area contributed by atoms with E-state index in [4.69, 9.17) is 4.42 Å². The van der Waals surface area contributed by atoms with Crippen LogP contribution in [-0.4, -0.2) is 41.2 Å². The molecule has 8 heteroatoms. The van der Waals surface area contributed by atoms with Crippen LogP contribution in [0, 0.1) is 5.82 Å². The van der Waals surface area contributed by atoms with Gasteiger partial charge in [-0.25, -0.2) is 4.39 Å². The number of halogens is 2. The van der Waals surface area contributed by atoms with Crippen LogP contribution in [0.4, 0.5) is 10.1 Å². The summed E-state index contributed by atoms with van der Waals surface area (Å²) < 4.78 is 33.1. The van der Waals surface area contributed by atoms with Crippen LogP contribution in [0.3, 0.4) is 0 Å². The summed E-state index contributed by atoms with van der Waals surface area (Å²) in [4.78, 5) is 17.1. The number of hydrogen-bond acceptors (Lipinski definition) is 4. The highest BCUT2D eigenvalue weighted by atomic mass is 79.9. The number of anilines is 1. The molecule has 1 amide bonds. The van der Waals surface area contributed by atoms with Crippen molar-refractivity contribution in [3.8, 4) is 0 Å². The Hall–Kier alpha value is -2.45. The molecule has 0 N–H and O–H groups in total. The molecular weight excluding hydrogens is 471 g/mol. The Labute approximate surface area is 185 Å². The van der Waals surface area contributed by atoms with Crippen LogP contribution in [0.5, 0.6) is 0 Å². The van der Waals surface area contributed by atoms with Gasteiger partial charge in [0.2, 0.25) is 0 Å². The molecule has 0 spiro atoms. The average molecular weight is 491 g/mol. The second-order valence-corrected chi connectivity index (χ2v) is 9.31. The fourth-order valence-electron chi connectivity index (χ4n) is 3.38. The van der Waals surface area contributed by atoms with Crippen molar-refractivity contribution in [3.05, 3.63) is 82.5 Å². The van der Waals surface area contributed by atoms with Gasteiger partial charge in [-0.1, -0.05) is 28.1 Å². The molecule has 4 rings (SSSR count). The molecule has 2 heterocycles. The standard InChI is InChI=1S/C22H20BrFN2O3S/c23-16-5-8-18(9-6-16)30(28)15-17-7-10-21(29-17)22(27)26-13-11-25(12-14-26)20-4-2-1-3-19(20)24/h1-10H,11-15H2. The zero-order chi connectivity index (χ0) is 21.1. The monoisotopic (exact) mass is 490 g/mol. The molecule has 0 saturated carbocycles. The maximum absolute atomic E-state index is 14.0. The molecule has 0 radical (unpaired) electrons. The van der Waals surface area contributed by atoms with Gasteiger partial charge < -0.3 is 14.2 Å². The van der Waals surface area contributed by atoms with Gasteiger partial charge in [-0.2, -0.15) is 0 Å². The third kappa shape index (κ3) is 4.65. The summed E-state index contributed by atoms with van der Waals surface area (Å²) in [6.07, 6.45) is 0. The molecule has 156 valence electrons. The Bertz CT molecular complexity index is 1060. The molecule has 1 aromatic heterocycles. The van der Waals surface area contributed by atoms with Crippen LogP contribution in [0.1, 0.15) is 16.3 Å². The van der Waals surface area contributed by atoms with Crippen molar-refractivity contribution < 1.29 is 17.8 Å². The summed E-state index contributed by atoms with van der Waals surface area (Å²) in [5.41, 5.74) is 0.556. The van der Waals surface area contributed by atoms with Gasteiger partial charge in [0.15, 0.2) is 5.76 Å². The van der Waals surface area contributed by atoms with Crippen molar-refractivity contribution >= 4 is 38.3 Å². The number of nitrogens with zero attached hydrogens (tertiary/aromatic N) is 2. The summed E-state index contributed by atoms with van der Waals surface area (Å²) in [6, 6.07) is 17.2. The lowest BCUT2D eigenvalue weighted by Crippen LogP contribution is -2.49. The molecule has 1 atom stereocenters. The number of amides is 1. The van der Waals surface area contributed by atoms with Crippen molar-refractivity contribution in [2.45, 2.75) is 10.6 Å². The number of hydrogen-bond donors (Lipinski definition) is 0. The van der Waals surface area contributed by atoms with E-state index in [0.717, 1.165) is 4.47 Å². The van der Waals surface area contributed by atoms with E-state index in [-0.39, 0.29) is 23.2 Å². The number of carbonyl (C=O) groups excluding carboxylic acids is 1. The minimum absolute atomic E-state index is 0.204. The first-order valence-corrected chi connectivity index (χ1v) is 11.6. The molecule has 5 nitrogen and oxygen atoms in total. The second-order valence-electron chi connectivity index (χ2n) is 6.94. The van der Waals surface area contributed by atoms with Gasteiger partial charge in [0.1, 0.15) is 11.6 Å². The molecular formula is C22H20BrFN2O3S. The summed E-state index contributed by atoms with van der Waals surface area (Å²) >= 11 is 3.36. The zero-order valence-electron chi connectivity index (χ0n) is 16.1. The molecule has 0 bridgehead atoms. The summed E-state index contributed by atoms with van der Waals surface area (Å²) in [5.74, 6) is 0.480. The van der Waals surface area contributed by atoms with E-state index >= 15 is 0 Å². The second kappa shape index (κ2) is 9.14. The Balaban J connectivity index is 1.36. The average Bonchev–Trinajstić information content (AvgIpc) is 3.22. The molecule has 0 aliphatic carbocycles. The molecule has 1 fully saturated rings. The lowest BCUT2D eigenvalue weighted by Gasteiger charge is -2.35. The van der Waals surface area contributed by atoms with E-state index < -0.39 is 10.8 Å². The number of benzene rings is 2. The Morgan fingerprint density at radius 3 is 2.40 bits per heavy atom. The summed E-state index contributed by atoms with van der Waals surface area (Å²) in [5, 5.41) is 0. The molecule has 1 saturated heterocycles. The Morgan fingerprint density at radius 2 is 1.70 bits per heavy atom. The normalized spacial score (nSPS) is 15.3. The van der Waals surface area contributed by atoms with Crippen LogP contribution >= 0.6 is 15.9 Å². The third-order valence-electron chi connectivity index (χ3n) is 4.98. The van der Waals surface area contributed by atoms with E-state index in [1.165, 1.54) is 6.07 Å². The van der Waals surface area contributed by atoms with Gasteiger partial charge in [0, 0.05) is 35.5 Å². The minimum Gasteiger partial charge on any atom is -0.455 e. The molecule has 2 aromatic carbocycles. The Morgan fingerprint density at radius 1 is 1.00 bits per heavy atom. The number of furan rings is 1. The minimum atomic E-state index is -1.26. The van der Waals surface area contributed by atoms with Crippen LogP contribution in [0.25, 0.3) is 0 Å². The first kappa shape index (κ1) is 20.8. The lowest BCUT2D eigenvalue weighted by molar-refractivity contribution is 0.0713. The predicted molar refractivity (Wildman–Crippen MR) is 117 cm³/mol. The van der Waals surface area contributed by atoms with Crippen molar-refractivity contribution in [2.24, 2.45) is 0 Å². The number of para-hydroxylation sites is 1. The van der Waals surface area contributed by atoms with Gasteiger partial charge in [-0.3, -0.25) is 9.00 Å². The Kier molecular flexibility index (Phi) is 6.34. The SMILES string of the molecule is O=C(c1ccc(CS(=O)c2ccc(Br)cc2)o1)N1CCN(c2ccccc2F)CC1. The van der Waals surface area contributed by atoms with E-state index in [9.17, 15) is 13.4 Å². The number of carbonyl (C=O) groups is 1. The van der Waals surface area contributed by atoms with E-state index in [1.807, 2.05) is 17.0 Å². The van der Waals surface area contributed by atoms with Crippen molar-refractivity contribution in [1.29, 1.82) is 0 Å². The third-order valence-corrected chi connectivity index (χ3v) is 6.86. The topological polar surface area (TPSA) is 53.8 Å². The predicted octanol–water partition coefficient (Wildman–Crippen LogP) is 4.45. The van der Waals surface area contributed by atoms with Crippen LogP contribution in [-0.2, 0) is 16.6 Å². The van der Waals surface area contributed by atoms with Gasteiger partial charge in [-0.15, -0.1) is 0 Å². The highest BCUT2D eigenvalue weighted by molar-refractivity contribution is 9.10.